The van der Waals surface area contributed by atoms with Gasteiger partial charge in [0.25, 0.3) is 0 Å². The van der Waals surface area contributed by atoms with Gasteiger partial charge < -0.3 is 0 Å². The van der Waals surface area contributed by atoms with Crippen LogP contribution in [0.5, 0.6) is 0 Å². The SMILES string of the molecule is c1ccc(C2(c3ccccc3)c3ccccc3-c3ccc(-c4nc5ccccc5c5nc6ccccc6n45)cc32)cc1. The fourth-order valence-electron chi connectivity index (χ4n) is 7.12. The first-order valence-corrected chi connectivity index (χ1v) is 14.4. The Balaban J connectivity index is 1.42. The second-order valence-electron chi connectivity index (χ2n) is 11.0. The summed E-state index contributed by atoms with van der Waals surface area (Å²) in [4.78, 5) is 10.4. The van der Waals surface area contributed by atoms with Gasteiger partial charge in [-0.25, -0.2) is 9.97 Å². The summed E-state index contributed by atoms with van der Waals surface area (Å²) in [5, 5.41) is 1.05. The van der Waals surface area contributed by atoms with Gasteiger partial charge in [-0.1, -0.05) is 121 Å². The Kier molecular flexibility index (Phi) is 4.82. The maximum atomic E-state index is 5.29. The minimum atomic E-state index is -0.461. The second-order valence-corrected chi connectivity index (χ2v) is 11.0. The molecule has 0 amide bonds. The summed E-state index contributed by atoms with van der Waals surface area (Å²) in [6.07, 6.45) is 0. The summed E-state index contributed by atoms with van der Waals surface area (Å²) >= 11 is 0. The molecule has 0 aliphatic heterocycles. The molecule has 0 spiro atoms. The fraction of sp³-hybridized carbons (Fsp3) is 0.0256. The molecule has 2 aromatic heterocycles. The van der Waals surface area contributed by atoms with Crippen LogP contribution in [0.25, 0.3) is 50.1 Å². The van der Waals surface area contributed by atoms with Gasteiger partial charge in [0, 0.05) is 10.9 Å². The van der Waals surface area contributed by atoms with Gasteiger partial charge in [0.2, 0.25) is 0 Å². The van der Waals surface area contributed by atoms with Crippen LogP contribution in [0, 0.1) is 0 Å². The van der Waals surface area contributed by atoms with Crippen LogP contribution >= 0.6 is 0 Å². The van der Waals surface area contributed by atoms with Crippen LogP contribution in [0.2, 0.25) is 0 Å². The van der Waals surface area contributed by atoms with Crippen molar-refractivity contribution < 1.29 is 0 Å². The molecule has 0 unspecified atom stereocenters. The molecule has 3 heteroatoms. The van der Waals surface area contributed by atoms with Crippen LogP contribution in [0.4, 0.5) is 0 Å². The lowest BCUT2D eigenvalue weighted by atomic mass is 9.67. The molecule has 0 saturated carbocycles. The predicted octanol–water partition coefficient (Wildman–Crippen LogP) is 9.07. The highest BCUT2D eigenvalue weighted by molar-refractivity contribution is 5.98. The third kappa shape index (κ3) is 3.05. The average Bonchev–Trinajstić information content (AvgIpc) is 3.60. The zero-order valence-electron chi connectivity index (χ0n) is 22.8. The van der Waals surface area contributed by atoms with Crippen LogP contribution in [-0.2, 0) is 5.41 Å². The summed E-state index contributed by atoms with van der Waals surface area (Å²) in [6.45, 7) is 0. The lowest BCUT2D eigenvalue weighted by molar-refractivity contribution is 0.768. The molecule has 0 radical (unpaired) electrons. The number of para-hydroxylation sites is 3. The number of fused-ring (bicyclic) bond motifs is 8. The van der Waals surface area contributed by atoms with Gasteiger partial charge in [0.15, 0.2) is 0 Å². The zero-order valence-corrected chi connectivity index (χ0v) is 22.8. The zero-order chi connectivity index (χ0) is 27.7. The summed E-state index contributed by atoms with van der Waals surface area (Å²) < 4.78 is 2.23. The van der Waals surface area contributed by atoms with Crippen LogP contribution in [0.15, 0.2) is 152 Å². The Hall–Kier alpha value is -5.54. The van der Waals surface area contributed by atoms with E-state index in [4.69, 9.17) is 9.97 Å². The number of hydrogen-bond donors (Lipinski definition) is 0. The van der Waals surface area contributed by atoms with E-state index in [9.17, 15) is 0 Å². The van der Waals surface area contributed by atoms with E-state index in [2.05, 4.69) is 144 Å². The van der Waals surface area contributed by atoms with Crippen molar-refractivity contribution in [3.63, 3.8) is 0 Å². The van der Waals surface area contributed by atoms with E-state index in [1.165, 1.54) is 33.4 Å². The van der Waals surface area contributed by atoms with Crippen LogP contribution in [0.3, 0.4) is 0 Å². The van der Waals surface area contributed by atoms with Gasteiger partial charge in [-0.3, -0.25) is 4.40 Å². The molecule has 1 aliphatic rings. The first-order valence-electron chi connectivity index (χ1n) is 14.4. The minimum Gasteiger partial charge on any atom is -0.276 e. The molecule has 1 aliphatic carbocycles. The molecule has 0 N–H and O–H groups in total. The van der Waals surface area contributed by atoms with E-state index in [1.54, 1.807) is 0 Å². The number of hydrogen-bond acceptors (Lipinski definition) is 2. The van der Waals surface area contributed by atoms with Gasteiger partial charge in [0.1, 0.15) is 11.5 Å². The summed E-state index contributed by atoms with van der Waals surface area (Å²) in [5.74, 6) is 0.895. The molecule has 0 saturated heterocycles. The Bertz CT molecular complexity index is 2260. The molecule has 0 fully saturated rings. The lowest BCUT2D eigenvalue weighted by Gasteiger charge is -2.34. The molecular weight excluding hydrogens is 510 g/mol. The predicted molar refractivity (Wildman–Crippen MR) is 171 cm³/mol. The molecule has 9 rings (SSSR count). The quantitative estimate of drug-likeness (QED) is 0.226. The molecular formula is C39H25N3. The number of aromatic nitrogens is 3. The van der Waals surface area contributed by atoms with Crippen molar-refractivity contribution in [2.75, 3.05) is 0 Å². The van der Waals surface area contributed by atoms with Crippen molar-refractivity contribution >= 4 is 27.6 Å². The van der Waals surface area contributed by atoms with Gasteiger partial charge in [0.05, 0.1) is 22.0 Å². The maximum Gasteiger partial charge on any atom is 0.149 e. The van der Waals surface area contributed by atoms with Crippen molar-refractivity contribution in [3.8, 4) is 22.5 Å². The first kappa shape index (κ1) is 23.2. The third-order valence-corrected chi connectivity index (χ3v) is 8.86. The number of benzene rings is 6. The van der Waals surface area contributed by atoms with Crippen molar-refractivity contribution in [3.05, 3.63) is 174 Å². The number of rotatable bonds is 3. The second kappa shape index (κ2) is 8.73. The van der Waals surface area contributed by atoms with Crippen LogP contribution in [0.1, 0.15) is 22.3 Å². The molecule has 42 heavy (non-hydrogen) atoms. The fourth-order valence-corrected chi connectivity index (χ4v) is 7.12. The highest BCUT2D eigenvalue weighted by atomic mass is 15.1. The van der Waals surface area contributed by atoms with Gasteiger partial charge in [-0.05, 0) is 63.7 Å². The molecule has 3 nitrogen and oxygen atoms in total. The number of imidazole rings is 1. The Morgan fingerprint density at radius 2 is 1.10 bits per heavy atom. The summed E-state index contributed by atoms with van der Waals surface area (Å²) in [6, 6.07) is 54.3. The Morgan fingerprint density at radius 3 is 1.88 bits per heavy atom. The first-order chi connectivity index (χ1) is 20.8. The van der Waals surface area contributed by atoms with Crippen LogP contribution in [-0.4, -0.2) is 14.4 Å². The molecule has 6 aromatic carbocycles. The number of nitrogens with zero attached hydrogens (tertiary/aromatic N) is 3. The monoisotopic (exact) mass is 535 g/mol. The van der Waals surface area contributed by atoms with Crippen molar-refractivity contribution in [1.29, 1.82) is 0 Å². The standard InChI is InChI=1S/C39H25N3/c1-3-13-27(14-4-1)39(28-15-5-2-6-16-28)32-19-9-7-17-29(32)30-24-23-26(25-33(30)39)37-40-34-20-10-8-18-31(34)38-41-35-21-11-12-22-36(35)42(37)38/h1-25H. The van der Waals surface area contributed by atoms with E-state index in [0.717, 1.165) is 39.0 Å². The van der Waals surface area contributed by atoms with Gasteiger partial charge in [-0.2, -0.15) is 0 Å². The van der Waals surface area contributed by atoms with E-state index >= 15 is 0 Å². The molecule has 0 atom stereocenters. The largest absolute Gasteiger partial charge is 0.276 e. The normalized spacial score (nSPS) is 13.4. The molecule has 196 valence electrons. The van der Waals surface area contributed by atoms with Crippen molar-refractivity contribution in [2.24, 2.45) is 0 Å². The lowest BCUT2D eigenvalue weighted by Crippen LogP contribution is -2.28. The summed E-state index contributed by atoms with van der Waals surface area (Å²) in [5.41, 5.74) is 12.1. The highest BCUT2D eigenvalue weighted by Crippen LogP contribution is 2.56. The van der Waals surface area contributed by atoms with Crippen molar-refractivity contribution in [1.82, 2.24) is 14.4 Å². The Morgan fingerprint density at radius 1 is 0.476 bits per heavy atom. The molecule has 8 aromatic rings. The Labute approximate surface area is 243 Å². The van der Waals surface area contributed by atoms with E-state index < -0.39 is 5.41 Å². The molecule has 0 bridgehead atoms. The van der Waals surface area contributed by atoms with Crippen LogP contribution < -0.4 is 0 Å². The topological polar surface area (TPSA) is 30.2 Å². The van der Waals surface area contributed by atoms with Gasteiger partial charge in [-0.15, -0.1) is 0 Å². The third-order valence-electron chi connectivity index (χ3n) is 8.86. The van der Waals surface area contributed by atoms with E-state index in [0.29, 0.717) is 0 Å². The minimum absolute atomic E-state index is 0.461. The highest BCUT2D eigenvalue weighted by Gasteiger charge is 2.46. The summed E-state index contributed by atoms with van der Waals surface area (Å²) in [7, 11) is 0. The van der Waals surface area contributed by atoms with E-state index in [1.807, 2.05) is 12.1 Å². The maximum absolute atomic E-state index is 5.29. The van der Waals surface area contributed by atoms with Crippen molar-refractivity contribution in [2.45, 2.75) is 5.41 Å². The smallest absolute Gasteiger partial charge is 0.149 e. The average molecular weight is 536 g/mol. The van der Waals surface area contributed by atoms with E-state index in [-0.39, 0.29) is 0 Å². The molecule has 2 heterocycles. The van der Waals surface area contributed by atoms with Gasteiger partial charge >= 0.3 is 0 Å².